The van der Waals surface area contributed by atoms with E-state index in [1.807, 2.05) is 13.0 Å². The highest BCUT2D eigenvalue weighted by molar-refractivity contribution is 8.00. The number of nitrogens with zero attached hydrogens (tertiary/aromatic N) is 1. The highest BCUT2D eigenvalue weighted by atomic mass is 32.2. The van der Waals surface area contributed by atoms with Crippen LogP contribution in [0.15, 0.2) is 41.3 Å². The number of piperidine rings is 1. The summed E-state index contributed by atoms with van der Waals surface area (Å²) in [7, 11) is 2.11. The molecule has 0 unspecified atom stereocenters. The number of aryl methyl sites for hydroxylation is 1. The van der Waals surface area contributed by atoms with Crippen molar-refractivity contribution in [3.05, 3.63) is 53.3 Å². The van der Waals surface area contributed by atoms with Crippen LogP contribution in [0.5, 0.6) is 11.5 Å². The number of phenols is 2. The van der Waals surface area contributed by atoms with Crippen LogP contribution >= 0.6 is 11.8 Å². The predicted octanol–water partition coefficient (Wildman–Crippen LogP) is 4.47. The van der Waals surface area contributed by atoms with Gasteiger partial charge >= 0.3 is 0 Å². The molecule has 24 heavy (non-hydrogen) atoms. The van der Waals surface area contributed by atoms with Crippen LogP contribution in [0.4, 0.5) is 4.39 Å². The van der Waals surface area contributed by atoms with Gasteiger partial charge in [-0.05, 0) is 68.8 Å². The standard InChI is InChI=1S/C19H22FNO2S/c1-12-7-13(20)3-4-18(12)19-11-16(5-6-21(19)2)24-17-9-14(22)8-15(23)10-17/h3-4,7-10,16,19,22-23H,5-6,11H2,1-2H3/t16-,19+/m0/s1. The molecular formula is C19H22FNO2S. The predicted molar refractivity (Wildman–Crippen MR) is 95.2 cm³/mol. The minimum atomic E-state index is -0.198. The van der Waals surface area contributed by atoms with Crippen molar-refractivity contribution < 1.29 is 14.6 Å². The minimum Gasteiger partial charge on any atom is -0.508 e. The lowest BCUT2D eigenvalue weighted by Gasteiger charge is -2.38. The van der Waals surface area contributed by atoms with Crippen molar-refractivity contribution in [2.45, 2.75) is 36.0 Å². The van der Waals surface area contributed by atoms with Crippen molar-refractivity contribution >= 4 is 11.8 Å². The van der Waals surface area contributed by atoms with Gasteiger partial charge in [-0.2, -0.15) is 0 Å². The summed E-state index contributed by atoms with van der Waals surface area (Å²) in [6, 6.07) is 9.96. The fourth-order valence-electron chi connectivity index (χ4n) is 3.36. The van der Waals surface area contributed by atoms with Gasteiger partial charge in [-0.25, -0.2) is 4.39 Å². The highest BCUT2D eigenvalue weighted by Crippen LogP contribution is 2.40. The number of thioether (sulfide) groups is 1. The van der Waals surface area contributed by atoms with E-state index in [2.05, 4.69) is 11.9 Å². The fraction of sp³-hybridized carbons (Fsp3) is 0.368. The fourth-order valence-corrected chi connectivity index (χ4v) is 4.63. The number of phenolic OH excluding ortho intramolecular Hbond substituents is 2. The molecular weight excluding hydrogens is 325 g/mol. The Morgan fingerprint density at radius 1 is 1.12 bits per heavy atom. The third-order valence-electron chi connectivity index (χ3n) is 4.59. The molecule has 0 amide bonds. The summed E-state index contributed by atoms with van der Waals surface area (Å²) in [6.45, 7) is 2.92. The topological polar surface area (TPSA) is 43.7 Å². The van der Waals surface area contributed by atoms with Crippen LogP contribution in [-0.2, 0) is 0 Å². The lowest BCUT2D eigenvalue weighted by atomic mass is 9.92. The Kier molecular flexibility index (Phi) is 5.01. The van der Waals surface area contributed by atoms with Gasteiger partial charge in [0.15, 0.2) is 0 Å². The Bertz CT molecular complexity index is 717. The maximum Gasteiger partial charge on any atom is 0.123 e. The SMILES string of the molecule is Cc1cc(F)ccc1[C@H]1C[C@@H](Sc2cc(O)cc(O)c2)CCN1C. The van der Waals surface area contributed by atoms with Gasteiger partial charge in [-0.3, -0.25) is 4.90 Å². The molecule has 1 aliphatic heterocycles. The molecule has 5 heteroatoms. The zero-order valence-electron chi connectivity index (χ0n) is 13.9. The van der Waals surface area contributed by atoms with Crippen molar-refractivity contribution in [3.8, 4) is 11.5 Å². The van der Waals surface area contributed by atoms with E-state index in [9.17, 15) is 14.6 Å². The first kappa shape index (κ1) is 17.1. The molecule has 1 heterocycles. The van der Waals surface area contributed by atoms with Gasteiger partial charge in [-0.1, -0.05) is 6.07 Å². The summed E-state index contributed by atoms with van der Waals surface area (Å²) in [4.78, 5) is 3.19. The van der Waals surface area contributed by atoms with Crippen molar-refractivity contribution in [1.29, 1.82) is 0 Å². The second-order valence-electron chi connectivity index (χ2n) is 6.45. The largest absolute Gasteiger partial charge is 0.508 e. The summed E-state index contributed by atoms with van der Waals surface area (Å²) in [5.41, 5.74) is 2.15. The van der Waals surface area contributed by atoms with Crippen molar-refractivity contribution in [2.75, 3.05) is 13.6 Å². The van der Waals surface area contributed by atoms with Crippen molar-refractivity contribution in [3.63, 3.8) is 0 Å². The normalized spacial score (nSPS) is 21.8. The maximum atomic E-state index is 13.4. The van der Waals surface area contributed by atoms with Crippen molar-refractivity contribution in [1.82, 2.24) is 4.90 Å². The van der Waals surface area contributed by atoms with E-state index < -0.39 is 0 Å². The molecule has 2 aromatic carbocycles. The Hall–Kier alpha value is -1.72. The highest BCUT2D eigenvalue weighted by Gasteiger charge is 2.29. The quantitative estimate of drug-likeness (QED) is 0.860. The number of benzene rings is 2. The molecule has 0 aromatic heterocycles. The van der Waals surface area contributed by atoms with Crippen LogP contribution in [0, 0.1) is 12.7 Å². The molecule has 0 bridgehead atoms. The lowest BCUT2D eigenvalue weighted by Crippen LogP contribution is -2.35. The van der Waals surface area contributed by atoms with Crippen LogP contribution < -0.4 is 0 Å². The molecule has 3 rings (SSSR count). The molecule has 128 valence electrons. The van der Waals surface area contributed by atoms with Gasteiger partial charge in [0.1, 0.15) is 17.3 Å². The van der Waals surface area contributed by atoms with E-state index >= 15 is 0 Å². The van der Waals surface area contributed by atoms with E-state index in [1.165, 1.54) is 17.7 Å². The van der Waals surface area contributed by atoms with Crippen molar-refractivity contribution in [2.24, 2.45) is 0 Å². The number of likely N-dealkylation sites (tertiary alicyclic amines) is 1. The zero-order valence-corrected chi connectivity index (χ0v) is 14.7. The Labute approximate surface area is 146 Å². The van der Waals surface area contributed by atoms with Gasteiger partial charge in [-0.15, -0.1) is 11.8 Å². The number of aromatic hydroxyl groups is 2. The number of hydrogen-bond donors (Lipinski definition) is 2. The average Bonchev–Trinajstić information content (AvgIpc) is 2.49. The van der Waals surface area contributed by atoms with Crippen LogP contribution in [0.2, 0.25) is 0 Å². The summed E-state index contributed by atoms with van der Waals surface area (Å²) in [5.74, 6) is -0.0383. The number of halogens is 1. The van der Waals surface area contributed by atoms with E-state index in [0.29, 0.717) is 5.25 Å². The molecule has 0 spiro atoms. The second-order valence-corrected chi connectivity index (χ2v) is 7.82. The summed E-state index contributed by atoms with van der Waals surface area (Å²) in [5, 5.41) is 19.7. The molecule has 1 saturated heterocycles. The number of rotatable bonds is 3. The molecule has 2 atom stereocenters. The molecule has 0 radical (unpaired) electrons. The summed E-state index contributed by atoms with van der Waals surface area (Å²) < 4.78 is 13.4. The van der Waals surface area contributed by atoms with Gasteiger partial charge < -0.3 is 10.2 Å². The first-order valence-electron chi connectivity index (χ1n) is 8.08. The lowest BCUT2D eigenvalue weighted by molar-refractivity contribution is 0.191. The minimum absolute atomic E-state index is 0.0800. The Morgan fingerprint density at radius 3 is 2.50 bits per heavy atom. The number of hydrogen-bond acceptors (Lipinski definition) is 4. The summed E-state index contributed by atoms with van der Waals surface area (Å²) >= 11 is 1.68. The van der Waals surface area contributed by atoms with Crippen LogP contribution in [0.1, 0.15) is 30.0 Å². The Morgan fingerprint density at radius 2 is 1.83 bits per heavy atom. The molecule has 0 aliphatic carbocycles. The molecule has 3 nitrogen and oxygen atoms in total. The third-order valence-corrected chi connectivity index (χ3v) is 5.86. The van der Waals surface area contributed by atoms with Gasteiger partial charge in [0.25, 0.3) is 0 Å². The van der Waals surface area contributed by atoms with Gasteiger partial charge in [0, 0.05) is 22.3 Å². The average molecular weight is 347 g/mol. The summed E-state index contributed by atoms with van der Waals surface area (Å²) in [6.07, 6.45) is 1.98. The maximum absolute atomic E-state index is 13.4. The zero-order chi connectivity index (χ0) is 17.3. The van der Waals surface area contributed by atoms with Crippen LogP contribution in [-0.4, -0.2) is 34.0 Å². The first-order chi connectivity index (χ1) is 11.4. The molecule has 0 saturated carbocycles. The van der Waals surface area contributed by atoms with E-state index in [0.717, 1.165) is 29.8 Å². The van der Waals surface area contributed by atoms with Crippen LogP contribution in [0.25, 0.3) is 0 Å². The van der Waals surface area contributed by atoms with E-state index in [4.69, 9.17) is 0 Å². The molecule has 2 aromatic rings. The van der Waals surface area contributed by atoms with Crippen LogP contribution in [0.3, 0.4) is 0 Å². The second kappa shape index (κ2) is 7.03. The van der Waals surface area contributed by atoms with Gasteiger partial charge in [0.2, 0.25) is 0 Å². The Balaban J connectivity index is 1.77. The smallest absolute Gasteiger partial charge is 0.123 e. The monoisotopic (exact) mass is 347 g/mol. The van der Waals surface area contributed by atoms with Gasteiger partial charge in [0.05, 0.1) is 0 Å². The molecule has 1 fully saturated rings. The first-order valence-corrected chi connectivity index (χ1v) is 8.96. The third kappa shape index (κ3) is 3.84. The van der Waals surface area contributed by atoms with E-state index in [-0.39, 0.29) is 23.4 Å². The molecule has 2 N–H and O–H groups in total. The van der Waals surface area contributed by atoms with E-state index in [1.54, 1.807) is 30.0 Å². The molecule has 1 aliphatic rings.